The van der Waals surface area contributed by atoms with Crippen LogP contribution in [0.15, 0.2) is 54.7 Å². The molecule has 0 aliphatic heterocycles. The molecular formula is C18H15FN6O. The Morgan fingerprint density at radius 2 is 1.96 bits per heavy atom. The van der Waals surface area contributed by atoms with Gasteiger partial charge >= 0.3 is 0 Å². The van der Waals surface area contributed by atoms with Crippen molar-refractivity contribution in [3.63, 3.8) is 0 Å². The second-order valence-electron chi connectivity index (χ2n) is 5.55. The number of hydrogen-bond acceptors (Lipinski definition) is 6. The van der Waals surface area contributed by atoms with Crippen LogP contribution in [-0.2, 0) is 6.54 Å². The van der Waals surface area contributed by atoms with Crippen molar-refractivity contribution >= 4 is 11.5 Å². The molecule has 1 aromatic carbocycles. The van der Waals surface area contributed by atoms with Crippen LogP contribution in [-0.4, -0.2) is 31.9 Å². The third-order valence-electron chi connectivity index (χ3n) is 3.86. The number of halogens is 1. The van der Waals surface area contributed by atoms with E-state index in [0.29, 0.717) is 35.3 Å². The van der Waals surface area contributed by atoms with Crippen molar-refractivity contribution in [1.29, 1.82) is 0 Å². The molecule has 0 aliphatic carbocycles. The molecule has 7 nitrogen and oxygen atoms in total. The molecule has 26 heavy (non-hydrogen) atoms. The Morgan fingerprint density at radius 3 is 2.73 bits per heavy atom. The number of benzene rings is 1. The van der Waals surface area contributed by atoms with Crippen LogP contribution in [0.25, 0.3) is 17.0 Å². The molecule has 0 spiro atoms. The van der Waals surface area contributed by atoms with Gasteiger partial charge in [-0.3, -0.25) is 0 Å². The molecule has 0 radical (unpaired) electrons. The summed E-state index contributed by atoms with van der Waals surface area (Å²) in [4.78, 5) is 4.17. The average molecular weight is 350 g/mol. The number of ether oxygens (including phenoxy) is 1. The molecule has 8 heteroatoms. The second kappa shape index (κ2) is 6.75. The van der Waals surface area contributed by atoms with Gasteiger partial charge in [0, 0.05) is 18.8 Å². The maximum Gasteiger partial charge on any atom is 0.212 e. The maximum absolute atomic E-state index is 14.1. The maximum atomic E-state index is 14.1. The Labute approximate surface area is 148 Å². The fraction of sp³-hybridized carbons (Fsp3) is 0.111. The highest BCUT2D eigenvalue weighted by Gasteiger charge is 2.13. The summed E-state index contributed by atoms with van der Waals surface area (Å²) >= 11 is 0. The van der Waals surface area contributed by atoms with Crippen molar-refractivity contribution in [3.8, 4) is 17.3 Å². The normalized spacial score (nSPS) is 10.8. The Hall–Kier alpha value is -3.55. The first-order valence-corrected chi connectivity index (χ1v) is 7.95. The van der Waals surface area contributed by atoms with E-state index < -0.39 is 0 Å². The zero-order valence-electron chi connectivity index (χ0n) is 13.9. The van der Waals surface area contributed by atoms with Crippen molar-refractivity contribution in [1.82, 2.24) is 24.8 Å². The van der Waals surface area contributed by atoms with E-state index in [1.807, 2.05) is 6.07 Å². The first-order chi connectivity index (χ1) is 12.7. The predicted octanol–water partition coefficient (Wildman–Crippen LogP) is 2.95. The van der Waals surface area contributed by atoms with E-state index in [0.717, 1.165) is 5.56 Å². The highest BCUT2D eigenvalue weighted by Crippen LogP contribution is 2.21. The van der Waals surface area contributed by atoms with Crippen LogP contribution in [0.5, 0.6) is 5.88 Å². The van der Waals surface area contributed by atoms with Crippen molar-refractivity contribution in [3.05, 3.63) is 66.1 Å². The monoisotopic (exact) mass is 350 g/mol. The lowest BCUT2D eigenvalue weighted by atomic mass is 10.2. The van der Waals surface area contributed by atoms with Gasteiger partial charge in [0.1, 0.15) is 11.6 Å². The van der Waals surface area contributed by atoms with Gasteiger partial charge in [-0.15, -0.1) is 15.3 Å². The van der Waals surface area contributed by atoms with Crippen LogP contribution in [0.2, 0.25) is 0 Å². The number of hydrogen-bond donors (Lipinski definition) is 1. The van der Waals surface area contributed by atoms with Gasteiger partial charge in [-0.05, 0) is 29.8 Å². The van der Waals surface area contributed by atoms with E-state index in [9.17, 15) is 4.39 Å². The molecular weight excluding hydrogens is 335 g/mol. The van der Waals surface area contributed by atoms with Crippen molar-refractivity contribution in [2.45, 2.75) is 6.54 Å². The standard InChI is InChI=1S/C18H15FN6O/c1-26-17-9-6-12(11-21-17)10-20-15-7-8-16-22-23-18(25(16)24-15)13-4-2-3-5-14(13)19/h2-9,11H,10H2,1H3,(H,20,24). The zero-order valence-corrected chi connectivity index (χ0v) is 13.9. The van der Waals surface area contributed by atoms with E-state index in [1.165, 1.54) is 10.6 Å². The molecule has 0 aliphatic rings. The Kier molecular flexibility index (Phi) is 4.14. The van der Waals surface area contributed by atoms with E-state index in [4.69, 9.17) is 4.74 Å². The Balaban J connectivity index is 1.60. The number of methoxy groups -OCH3 is 1. The van der Waals surface area contributed by atoms with Crippen molar-refractivity contribution < 1.29 is 9.13 Å². The van der Waals surface area contributed by atoms with Crippen LogP contribution >= 0.6 is 0 Å². The summed E-state index contributed by atoms with van der Waals surface area (Å²) in [5, 5.41) is 15.8. The molecule has 4 aromatic rings. The van der Waals surface area contributed by atoms with E-state index in [1.54, 1.807) is 49.7 Å². The highest BCUT2D eigenvalue weighted by atomic mass is 19.1. The number of aromatic nitrogens is 5. The molecule has 0 bridgehead atoms. The number of nitrogens with zero attached hydrogens (tertiary/aromatic N) is 5. The van der Waals surface area contributed by atoms with Crippen LogP contribution in [0.1, 0.15) is 5.56 Å². The van der Waals surface area contributed by atoms with Crippen LogP contribution in [0.3, 0.4) is 0 Å². The number of fused-ring (bicyclic) bond motifs is 1. The fourth-order valence-electron chi connectivity index (χ4n) is 2.52. The highest BCUT2D eigenvalue weighted by molar-refractivity contribution is 5.60. The molecule has 3 heterocycles. The fourth-order valence-corrected chi connectivity index (χ4v) is 2.52. The molecule has 0 saturated heterocycles. The summed E-state index contributed by atoms with van der Waals surface area (Å²) in [6, 6.07) is 13.7. The Morgan fingerprint density at radius 1 is 1.08 bits per heavy atom. The van der Waals surface area contributed by atoms with Gasteiger partial charge in [-0.25, -0.2) is 9.37 Å². The Bertz CT molecular complexity index is 1050. The summed E-state index contributed by atoms with van der Waals surface area (Å²) in [7, 11) is 1.58. The van der Waals surface area contributed by atoms with Gasteiger partial charge < -0.3 is 10.1 Å². The van der Waals surface area contributed by atoms with E-state index in [2.05, 4.69) is 25.6 Å². The SMILES string of the molecule is COc1ccc(CNc2ccc3nnc(-c4ccccc4F)n3n2)cn1. The van der Waals surface area contributed by atoms with Crippen molar-refractivity contribution in [2.24, 2.45) is 0 Å². The lowest BCUT2D eigenvalue weighted by Gasteiger charge is -2.07. The van der Waals surface area contributed by atoms with Gasteiger partial charge in [0.15, 0.2) is 11.5 Å². The third-order valence-corrected chi connectivity index (χ3v) is 3.86. The minimum atomic E-state index is -0.369. The third kappa shape index (κ3) is 3.04. The van der Waals surface area contributed by atoms with Crippen LogP contribution < -0.4 is 10.1 Å². The lowest BCUT2D eigenvalue weighted by Crippen LogP contribution is -2.05. The largest absolute Gasteiger partial charge is 0.481 e. The minimum absolute atomic E-state index is 0.351. The number of pyridine rings is 1. The molecule has 130 valence electrons. The van der Waals surface area contributed by atoms with E-state index >= 15 is 0 Å². The molecule has 0 unspecified atom stereocenters. The summed E-state index contributed by atoms with van der Waals surface area (Å²) in [5.74, 6) is 1.16. The topological polar surface area (TPSA) is 77.2 Å². The molecule has 3 aromatic heterocycles. The number of rotatable bonds is 5. The molecule has 0 saturated carbocycles. The summed E-state index contributed by atoms with van der Waals surface area (Å²) in [5.41, 5.74) is 1.87. The zero-order chi connectivity index (χ0) is 17.9. The van der Waals surface area contributed by atoms with Gasteiger partial charge in [0.2, 0.25) is 5.88 Å². The summed E-state index contributed by atoms with van der Waals surface area (Å²) in [6.45, 7) is 0.534. The molecule has 4 rings (SSSR count). The van der Waals surface area contributed by atoms with Gasteiger partial charge in [0.05, 0.1) is 12.7 Å². The minimum Gasteiger partial charge on any atom is -0.481 e. The van der Waals surface area contributed by atoms with Crippen LogP contribution in [0, 0.1) is 5.82 Å². The molecule has 0 fully saturated rings. The first-order valence-electron chi connectivity index (χ1n) is 7.95. The molecule has 0 atom stereocenters. The predicted molar refractivity (Wildman–Crippen MR) is 94.3 cm³/mol. The van der Waals surface area contributed by atoms with Gasteiger partial charge in [-0.2, -0.15) is 4.52 Å². The smallest absolute Gasteiger partial charge is 0.212 e. The average Bonchev–Trinajstić information content (AvgIpc) is 3.10. The summed E-state index contributed by atoms with van der Waals surface area (Å²) in [6.07, 6.45) is 1.73. The van der Waals surface area contributed by atoms with Crippen LogP contribution in [0.4, 0.5) is 10.2 Å². The summed E-state index contributed by atoms with van der Waals surface area (Å²) < 4.78 is 20.6. The van der Waals surface area contributed by atoms with Gasteiger partial charge in [0.25, 0.3) is 0 Å². The van der Waals surface area contributed by atoms with E-state index in [-0.39, 0.29) is 5.82 Å². The number of anilines is 1. The quantitative estimate of drug-likeness (QED) is 0.596. The molecule has 0 amide bonds. The number of nitrogens with one attached hydrogen (secondary N) is 1. The first kappa shape index (κ1) is 15.9. The lowest BCUT2D eigenvalue weighted by molar-refractivity contribution is 0.397. The second-order valence-corrected chi connectivity index (χ2v) is 5.55. The van der Waals surface area contributed by atoms with Gasteiger partial charge in [-0.1, -0.05) is 18.2 Å². The molecule has 1 N–H and O–H groups in total. The van der Waals surface area contributed by atoms with Crippen molar-refractivity contribution in [2.75, 3.05) is 12.4 Å².